The van der Waals surface area contributed by atoms with E-state index < -0.39 is 0 Å². The van der Waals surface area contributed by atoms with Gasteiger partial charge in [0.1, 0.15) is 17.0 Å². The Morgan fingerprint density at radius 2 is 2.04 bits per heavy atom. The first-order valence-electron chi connectivity index (χ1n) is 8.46. The maximum Gasteiger partial charge on any atom is 0.222 e. The van der Waals surface area contributed by atoms with Gasteiger partial charge in [-0.15, -0.1) is 11.3 Å². The van der Waals surface area contributed by atoms with Gasteiger partial charge in [-0.1, -0.05) is 29.8 Å². The van der Waals surface area contributed by atoms with Crippen LogP contribution in [0.3, 0.4) is 0 Å². The van der Waals surface area contributed by atoms with Crippen LogP contribution in [-0.2, 0) is 4.79 Å². The van der Waals surface area contributed by atoms with Crippen LogP contribution in [0.15, 0.2) is 36.0 Å². The summed E-state index contributed by atoms with van der Waals surface area (Å²) in [5, 5.41) is 6.18. The molecule has 1 fully saturated rings. The van der Waals surface area contributed by atoms with E-state index in [1.165, 1.54) is 11.1 Å². The third-order valence-electron chi connectivity index (χ3n) is 4.67. The Hall–Kier alpha value is -2.47. The van der Waals surface area contributed by atoms with Gasteiger partial charge in [0, 0.05) is 36.5 Å². The average Bonchev–Trinajstić information content (AvgIpc) is 2.96. The summed E-state index contributed by atoms with van der Waals surface area (Å²) in [7, 11) is 0. The Morgan fingerprint density at radius 3 is 2.84 bits per heavy atom. The monoisotopic (exact) mass is 352 g/mol. The van der Waals surface area contributed by atoms with Crippen molar-refractivity contribution in [1.29, 1.82) is 0 Å². The Bertz CT molecular complexity index is 919. The predicted octanol–water partition coefficient (Wildman–Crippen LogP) is 3.38. The molecule has 1 aliphatic heterocycles. The summed E-state index contributed by atoms with van der Waals surface area (Å²) in [4.78, 5) is 24.1. The van der Waals surface area contributed by atoms with Crippen LogP contribution >= 0.6 is 11.3 Å². The Labute approximate surface area is 150 Å². The molecule has 0 radical (unpaired) electrons. The number of thiophene rings is 1. The molecular formula is C19H20N4OS. The van der Waals surface area contributed by atoms with Crippen molar-refractivity contribution in [1.82, 2.24) is 15.3 Å². The number of anilines is 1. The number of carbonyl (C=O) groups is 1. The molecular weight excluding hydrogens is 332 g/mol. The molecule has 0 saturated carbocycles. The van der Waals surface area contributed by atoms with Gasteiger partial charge in [0.25, 0.3) is 0 Å². The van der Waals surface area contributed by atoms with Crippen molar-refractivity contribution in [3.05, 3.63) is 41.5 Å². The molecule has 1 amide bonds. The van der Waals surface area contributed by atoms with Gasteiger partial charge in [-0.2, -0.15) is 0 Å². The molecule has 4 rings (SSSR count). The van der Waals surface area contributed by atoms with Crippen molar-refractivity contribution in [2.45, 2.75) is 26.3 Å². The number of rotatable bonds is 2. The normalized spacial score (nSPS) is 18.2. The molecule has 1 saturated heterocycles. The number of hydrogen-bond acceptors (Lipinski definition) is 5. The van der Waals surface area contributed by atoms with Crippen LogP contribution in [0.1, 0.15) is 18.9 Å². The summed E-state index contributed by atoms with van der Waals surface area (Å²) in [5.41, 5.74) is 3.57. The Kier molecular flexibility index (Phi) is 4.13. The molecule has 1 N–H and O–H groups in total. The van der Waals surface area contributed by atoms with Crippen LogP contribution in [0.5, 0.6) is 0 Å². The van der Waals surface area contributed by atoms with Gasteiger partial charge < -0.3 is 10.2 Å². The zero-order chi connectivity index (χ0) is 17.4. The highest BCUT2D eigenvalue weighted by Gasteiger charge is 2.25. The highest BCUT2D eigenvalue weighted by molar-refractivity contribution is 7.17. The molecule has 3 aromatic rings. The van der Waals surface area contributed by atoms with E-state index in [1.807, 2.05) is 0 Å². The largest absolute Gasteiger partial charge is 0.354 e. The number of carbonyl (C=O) groups excluding carboxylic acids is 1. The van der Waals surface area contributed by atoms with Crippen molar-refractivity contribution in [2.24, 2.45) is 0 Å². The van der Waals surface area contributed by atoms with E-state index in [9.17, 15) is 4.79 Å². The highest BCUT2D eigenvalue weighted by Crippen LogP contribution is 2.38. The zero-order valence-electron chi connectivity index (χ0n) is 14.3. The Balaban J connectivity index is 1.85. The molecule has 5 nitrogen and oxygen atoms in total. The van der Waals surface area contributed by atoms with Crippen molar-refractivity contribution >= 4 is 33.3 Å². The number of benzene rings is 1. The fraction of sp³-hybridized carbons (Fsp3) is 0.316. The summed E-state index contributed by atoms with van der Waals surface area (Å²) < 4.78 is 0. The number of aromatic nitrogens is 2. The molecule has 128 valence electrons. The number of hydrogen-bond donors (Lipinski definition) is 1. The molecule has 1 aromatic carbocycles. The second-order valence-electron chi connectivity index (χ2n) is 6.49. The van der Waals surface area contributed by atoms with E-state index in [2.05, 4.69) is 63.7 Å². The SMILES string of the molecule is Cc1ccc(-c2csc3ncnc(N4CCNC(=O)C[C@H]4C)c23)cc1. The van der Waals surface area contributed by atoms with E-state index in [-0.39, 0.29) is 11.9 Å². The lowest BCUT2D eigenvalue weighted by molar-refractivity contribution is -0.120. The van der Waals surface area contributed by atoms with E-state index in [1.54, 1.807) is 17.7 Å². The van der Waals surface area contributed by atoms with E-state index in [4.69, 9.17) is 0 Å². The molecule has 1 aliphatic rings. The minimum Gasteiger partial charge on any atom is -0.354 e. The van der Waals surface area contributed by atoms with Gasteiger partial charge in [-0.25, -0.2) is 9.97 Å². The minimum absolute atomic E-state index is 0.101. The summed E-state index contributed by atoms with van der Waals surface area (Å²) in [6, 6.07) is 8.64. The third-order valence-corrected chi connectivity index (χ3v) is 5.56. The van der Waals surface area contributed by atoms with Crippen LogP contribution in [0, 0.1) is 6.92 Å². The molecule has 0 unspecified atom stereocenters. The quantitative estimate of drug-likeness (QED) is 0.768. The standard InChI is InChI=1S/C19H20N4OS/c1-12-3-5-14(6-4-12)15-10-25-19-17(15)18(21-11-22-19)23-8-7-20-16(24)9-13(23)2/h3-6,10-11,13H,7-9H2,1-2H3,(H,20,24)/t13-/m1/s1. The molecule has 25 heavy (non-hydrogen) atoms. The molecule has 0 aliphatic carbocycles. The topological polar surface area (TPSA) is 58.1 Å². The highest BCUT2D eigenvalue weighted by atomic mass is 32.1. The summed E-state index contributed by atoms with van der Waals surface area (Å²) in [5.74, 6) is 1.02. The lowest BCUT2D eigenvalue weighted by Crippen LogP contribution is -2.35. The fourth-order valence-electron chi connectivity index (χ4n) is 3.32. The van der Waals surface area contributed by atoms with Gasteiger partial charge >= 0.3 is 0 Å². The van der Waals surface area contributed by atoms with Crippen LogP contribution in [0.4, 0.5) is 5.82 Å². The first kappa shape index (κ1) is 16.0. The van der Waals surface area contributed by atoms with Crippen molar-refractivity contribution < 1.29 is 4.79 Å². The second kappa shape index (κ2) is 6.44. The average molecular weight is 352 g/mol. The third kappa shape index (κ3) is 2.98. The number of amides is 1. The predicted molar refractivity (Wildman–Crippen MR) is 102 cm³/mol. The minimum atomic E-state index is 0.101. The smallest absolute Gasteiger partial charge is 0.222 e. The maximum absolute atomic E-state index is 11.8. The van der Waals surface area contributed by atoms with Gasteiger partial charge in [-0.3, -0.25) is 4.79 Å². The second-order valence-corrected chi connectivity index (χ2v) is 7.35. The lowest BCUT2D eigenvalue weighted by Gasteiger charge is -2.28. The number of nitrogens with zero attached hydrogens (tertiary/aromatic N) is 3. The van der Waals surface area contributed by atoms with Crippen molar-refractivity contribution in [3.63, 3.8) is 0 Å². The van der Waals surface area contributed by atoms with Crippen molar-refractivity contribution in [3.8, 4) is 11.1 Å². The molecule has 1 atom stereocenters. The van der Waals surface area contributed by atoms with Gasteiger partial charge in [-0.05, 0) is 19.4 Å². The number of nitrogens with one attached hydrogen (secondary N) is 1. The summed E-state index contributed by atoms with van der Waals surface area (Å²) in [6.45, 7) is 5.56. The maximum atomic E-state index is 11.8. The number of aryl methyl sites for hydroxylation is 1. The van der Waals surface area contributed by atoms with E-state index in [0.717, 1.165) is 28.1 Å². The summed E-state index contributed by atoms with van der Waals surface area (Å²) >= 11 is 1.64. The number of fused-ring (bicyclic) bond motifs is 1. The van der Waals surface area contributed by atoms with Gasteiger partial charge in [0.15, 0.2) is 0 Å². The van der Waals surface area contributed by atoms with Crippen LogP contribution < -0.4 is 10.2 Å². The molecule has 6 heteroatoms. The van der Waals surface area contributed by atoms with Gasteiger partial charge in [0.2, 0.25) is 5.91 Å². The van der Waals surface area contributed by atoms with Crippen molar-refractivity contribution in [2.75, 3.05) is 18.0 Å². The zero-order valence-corrected chi connectivity index (χ0v) is 15.1. The Morgan fingerprint density at radius 1 is 1.24 bits per heavy atom. The van der Waals surface area contributed by atoms with Crippen LogP contribution in [-0.4, -0.2) is 35.0 Å². The van der Waals surface area contributed by atoms with Crippen LogP contribution in [0.2, 0.25) is 0 Å². The summed E-state index contributed by atoms with van der Waals surface area (Å²) in [6.07, 6.45) is 2.11. The first-order valence-corrected chi connectivity index (χ1v) is 9.34. The van der Waals surface area contributed by atoms with Gasteiger partial charge in [0.05, 0.1) is 5.39 Å². The first-order chi connectivity index (χ1) is 12.1. The fourth-order valence-corrected chi connectivity index (χ4v) is 4.23. The molecule has 2 aromatic heterocycles. The van der Waals surface area contributed by atoms with E-state index >= 15 is 0 Å². The molecule has 0 bridgehead atoms. The molecule has 0 spiro atoms. The van der Waals surface area contributed by atoms with E-state index in [0.29, 0.717) is 13.0 Å². The lowest BCUT2D eigenvalue weighted by atomic mass is 10.0. The van der Waals surface area contributed by atoms with Crippen LogP contribution in [0.25, 0.3) is 21.3 Å². The molecule has 3 heterocycles.